The van der Waals surface area contributed by atoms with E-state index in [-0.39, 0.29) is 30.1 Å². The summed E-state index contributed by atoms with van der Waals surface area (Å²) in [6.07, 6.45) is 2.40. The van der Waals surface area contributed by atoms with Crippen LogP contribution >= 0.6 is 0 Å². The van der Waals surface area contributed by atoms with Gasteiger partial charge in [0.15, 0.2) is 0 Å². The first-order valence-electron chi connectivity index (χ1n) is 6.42. The molecule has 1 N–H and O–H groups in total. The molecule has 2 bridgehead atoms. The van der Waals surface area contributed by atoms with Crippen molar-refractivity contribution in [3.8, 4) is 0 Å². The molecule has 3 aliphatic rings. The molecule has 3 aliphatic heterocycles. The van der Waals surface area contributed by atoms with Crippen molar-refractivity contribution in [2.45, 2.75) is 56.9 Å². The van der Waals surface area contributed by atoms with Gasteiger partial charge in [-0.3, -0.25) is 14.5 Å². The van der Waals surface area contributed by atoms with E-state index in [0.717, 1.165) is 19.4 Å². The number of rotatable bonds is 1. The predicted molar refractivity (Wildman–Crippen MR) is 60.2 cm³/mol. The average molecular weight is 238 g/mol. The topological polar surface area (TPSA) is 58.6 Å². The Hall–Kier alpha value is -0.940. The molecule has 0 aromatic carbocycles. The molecule has 4 unspecified atom stereocenters. The Kier molecular flexibility index (Phi) is 2.67. The number of piperidine rings is 1. The molecule has 3 rings (SSSR count). The Morgan fingerprint density at radius 1 is 1.18 bits per heavy atom. The van der Waals surface area contributed by atoms with Gasteiger partial charge in [0, 0.05) is 12.1 Å². The Balaban J connectivity index is 1.81. The number of morpholine rings is 1. The van der Waals surface area contributed by atoms with Crippen molar-refractivity contribution in [3.05, 3.63) is 0 Å². The predicted octanol–water partition coefficient (Wildman–Crippen LogP) is 0.0433. The molecule has 0 aromatic rings. The first kappa shape index (κ1) is 11.2. The Labute approximate surface area is 100 Å². The van der Waals surface area contributed by atoms with Crippen LogP contribution in [0, 0.1) is 0 Å². The van der Waals surface area contributed by atoms with Gasteiger partial charge < -0.3 is 10.1 Å². The summed E-state index contributed by atoms with van der Waals surface area (Å²) in [5.74, 6) is -0.217. The summed E-state index contributed by atoms with van der Waals surface area (Å²) in [7, 11) is 0. The lowest BCUT2D eigenvalue weighted by atomic mass is 9.98. The van der Waals surface area contributed by atoms with E-state index < -0.39 is 0 Å². The van der Waals surface area contributed by atoms with Gasteiger partial charge in [0.2, 0.25) is 0 Å². The first-order valence-corrected chi connectivity index (χ1v) is 6.42. The van der Waals surface area contributed by atoms with Gasteiger partial charge >= 0.3 is 0 Å². The first-order chi connectivity index (χ1) is 8.16. The second kappa shape index (κ2) is 4.07. The van der Waals surface area contributed by atoms with E-state index in [0.29, 0.717) is 18.9 Å². The van der Waals surface area contributed by atoms with E-state index in [1.807, 2.05) is 0 Å². The van der Waals surface area contributed by atoms with E-state index >= 15 is 0 Å². The fourth-order valence-corrected chi connectivity index (χ4v) is 3.12. The van der Waals surface area contributed by atoms with Gasteiger partial charge in [-0.25, -0.2) is 0 Å². The molecule has 5 nitrogen and oxygen atoms in total. The Morgan fingerprint density at radius 2 is 1.82 bits per heavy atom. The van der Waals surface area contributed by atoms with Gasteiger partial charge in [-0.2, -0.15) is 0 Å². The molecule has 94 valence electrons. The third kappa shape index (κ3) is 1.77. The minimum atomic E-state index is -0.358. The summed E-state index contributed by atoms with van der Waals surface area (Å²) in [5, 5.41) is 3.34. The number of hydrogen-bond donors (Lipinski definition) is 1. The second-order valence-electron chi connectivity index (χ2n) is 5.27. The molecule has 17 heavy (non-hydrogen) atoms. The number of carbonyl (C=O) groups excluding carboxylic acids is 2. The molecule has 0 saturated carbocycles. The summed E-state index contributed by atoms with van der Waals surface area (Å²) in [4.78, 5) is 25.8. The van der Waals surface area contributed by atoms with E-state index in [4.69, 9.17) is 4.74 Å². The third-order valence-corrected chi connectivity index (χ3v) is 4.01. The maximum atomic E-state index is 12.2. The van der Waals surface area contributed by atoms with E-state index in [2.05, 4.69) is 12.2 Å². The fraction of sp³-hybridized carbons (Fsp3) is 0.833. The van der Waals surface area contributed by atoms with Crippen molar-refractivity contribution in [1.29, 1.82) is 0 Å². The number of carbonyl (C=O) groups is 2. The van der Waals surface area contributed by atoms with Crippen LogP contribution in [0.3, 0.4) is 0 Å². The molecular formula is C12H18N2O3. The van der Waals surface area contributed by atoms with Crippen molar-refractivity contribution >= 4 is 11.8 Å². The number of amides is 2. The van der Waals surface area contributed by atoms with Gasteiger partial charge in [0.05, 0.1) is 0 Å². The fourth-order valence-electron chi connectivity index (χ4n) is 3.12. The summed E-state index contributed by atoms with van der Waals surface area (Å²) < 4.78 is 5.41. The second-order valence-corrected chi connectivity index (χ2v) is 5.27. The quantitative estimate of drug-likeness (QED) is 0.655. The molecule has 3 saturated heterocycles. The number of imide groups is 1. The molecule has 4 atom stereocenters. The van der Waals surface area contributed by atoms with Gasteiger partial charge in [-0.15, -0.1) is 0 Å². The standard InChI is InChI=1S/C12H18N2O3/c1-7-6-8(4-5-13-7)14-11(15)9-2-3-10(17-9)12(14)16/h7-10,13H,2-6H2,1H3. The molecule has 0 radical (unpaired) electrons. The van der Waals surface area contributed by atoms with Crippen molar-refractivity contribution in [2.75, 3.05) is 6.54 Å². The van der Waals surface area contributed by atoms with Crippen LogP contribution in [-0.2, 0) is 14.3 Å². The number of likely N-dealkylation sites (tertiary alicyclic amines) is 1. The zero-order valence-electron chi connectivity index (χ0n) is 10.0. The molecule has 0 aliphatic carbocycles. The third-order valence-electron chi connectivity index (χ3n) is 4.01. The normalized spacial score (nSPS) is 42.1. The SMILES string of the molecule is CC1CC(N2C(=O)C3CCC(O3)C2=O)CCN1. The maximum absolute atomic E-state index is 12.2. The summed E-state index contributed by atoms with van der Waals surface area (Å²) in [5.41, 5.74) is 0. The number of nitrogens with one attached hydrogen (secondary N) is 1. The number of hydrogen-bond acceptors (Lipinski definition) is 4. The van der Waals surface area contributed by atoms with Crippen molar-refractivity contribution in [1.82, 2.24) is 10.2 Å². The van der Waals surface area contributed by atoms with Gasteiger partial charge in [0.25, 0.3) is 11.8 Å². The lowest BCUT2D eigenvalue weighted by molar-refractivity contribution is -0.172. The summed E-state index contributed by atoms with van der Waals surface area (Å²) in [6, 6.07) is 0.438. The van der Waals surface area contributed by atoms with Crippen LogP contribution in [0.15, 0.2) is 0 Å². The van der Waals surface area contributed by atoms with Crippen LogP contribution < -0.4 is 5.32 Å². The van der Waals surface area contributed by atoms with E-state index in [9.17, 15) is 9.59 Å². The minimum absolute atomic E-state index is 0.0678. The lowest BCUT2D eigenvalue weighted by Crippen LogP contribution is -2.58. The average Bonchev–Trinajstić information content (AvgIpc) is 2.74. The Morgan fingerprint density at radius 3 is 2.41 bits per heavy atom. The molecule has 2 amide bonds. The zero-order chi connectivity index (χ0) is 12.0. The summed E-state index contributed by atoms with van der Waals surface area (Å²) >= 11 is 0. The van der Waals surface area contributed by atoms with Crippen LogP contribution in [0.5, 0.6) is 0 Å². The molecule has 5 heteroatoms. The highest BCUT2D eigenvalue weighted by atomic mass is 16.5. The van der Waals surface area contributed by atoms with Crippen molar-refractivity contribution in [2.24, 2.45) is 0 Å². The van der Waals surface area contributed by atoms with Crippen LogP contribution in [-0.4, -0.2) is 47.6 Å². The molecule has 3 fully saturated rings. The zero-order valence-corrected chi connectivity index (χ0v) is 10.0. The summed E-state index contributed by atoms with van der Waals surface area (Å²) in [6.45, 7) is 2.97. The number of nitrogens with zero attached hydrogens (tertiary/aromatic N) is 1. The maximum Gasteiger partial charge on any atom is 0.258 e. The molecular weight excluding hydrogens is 220 g/mol. The van der Waals surface area contributed by atoms with Crippen LogP contribution in [0.25, 0.3) is 0 Å². The van der Waals surface area contributed by atoms with Gasteiger partial charge in [0.1, 0.15) is 12.2 Å². The van der Waals surface area contributed by atoms with E-state index in [1.54, 1.807) is 0 Å². The van der Waals surface area contributed by atoms with Gasteiger partial charge in [-0.1, -0.05) is 0 Å². The Bertz CT molecular complexity index is 336. The van der Waals surface area contributed by atoms with Crippen molar-refractivity contribution < 1.29 is 14.3 Å². The largest absolute Gasteiger partial charge is 0.355 e. The molecule has 0 aromatic heterocycles. The minimum Gasteiger partial charge on any atom is -0.355 e. The monoisotopic (exact) mass is 238 g/mol. The van der Waals surface area contributed by atoms with Gasteiger partial charge in [-0.05, 0) is 39.2 Å². The van der Waals surface area contributed by atoms with E-state index in [1.165, 1.54) is 4.90 Å². The van der Waals surface area contributed by atoms with Crippen LogP contribution in [0.1, 0.15) is 32.6 Å². The number of ether oxygens (including phenoxy) is 1. The van der Waals surface area contributed by atoms with Crippen LogP contribution in [0.4, 0.5) is 0 Å². The molecule has 0 spiro atoms. The molecule has 3 heterocycles. The highest BCUT2D eigenvalue weighted by molar-refractivity contribution is 6.02. The highest BCUT2D eigenvalue weighted by Gasteiger charge is 2.49. The smallest absolute Gasteiger partial charge is 0.258 e. The van der Waals surface area contributed by atoms with Crippen molar-refractivity contribution in [3.63, 3.8) is 0 Å². The lowest BCUT2D eigenvalue weighted by Gasteiger charge is -2.39. The number of fused-ring (bicyclic) bond motifs is 2. The van der Waals surface area contributed by atoms with Crippen LogP contribution in [0.2, 0.25) is 0 Å². The highest BCUT2D eigenvalue weighted by Crippen LogP contribution is 2.31.